The quantitative estimate of drug-likeness (QED) is 0.586. The van der Waals surface area contributed by atoms with Crippen molar-refractivity contribution >= 4 is 23.1 Å². The van der Waals surface area contributed by atoms with Crippen molar-refractivity contribution < 1.29 is 45.7 Å². The maximum absolute atomic E-state index is 15.2. The number of hydrogen-bond acceptors (Lipinski definition) is 7. The molecule has 0 bridgehead atoms. The van der Waals surface area contributed by atoms with E-state index in [9.17, 15) is 31.9 Å². The highest BCUT2D eigenvalue weighted by atomic mass is 19.4. The zero-order valence-corrected chi connectivity index (χ0v) is 18.7. The van der Waals surface area contributed by atoms with E-state index in [2.05, 4.69) is 5.10 Å². The number of carbonyl (C=O) groups excluding carboxylic acids is 1. The van der Waals surface area contributed by atoms with Crippen LogP contribution in [-0.4, -0.2) is 60.1 Å². The molecule has 2 aromatic rings. The van der Waals surface area contributed by atoms with Crippen LogP contribution in [0.1, 0.15) is 23.7 Å². The monoisotopic (exact) mass is 518 g/mol. The molecule has 0 aromatic heterocycles. The van der Waals surface area contributed by atoms with Crippen LogP contribution < -0.4 is 15.1 Å². The number of carbonyl (C=O) groups is 1. The van der Waals surface area contributed by atoms with E-state index in [1.54, 1.807) is 0 Å². The molecule has 36 heavy (non-hydrogen) atoms. The third-order valence-electron chi connectivity index (χ3n) is 5.48. The number of nitrogens with one attached hydrogen (secondary N) is 1. The van der Waals surface area contributed by atoms with E-state index in [1.165, 1.54) is 4.90 Å². The molecule has 2 aromatic carbocycles. The van der Waals surface area contributed by atoms with Crippen LogP contribution in [0.5, 0.6) is 5.75 Å². The second-order valence-electron chi connectivity index (χ2n) is 7.96. The molecule has 14 heteroatoms. The summed E-state index contributed by atoms with van der Waals surface area (Å²) in [5.74, 6) is -5.29. The van der Waals surface area contributed by atoms with E-state index < -0.39 is 64.7 Å². The lowest BCUT2D eigenvalue weighted by molar-refractivity contribution is -0.189. The molecule has 2 aliphatic heterocycles. The first kappa shape index (κ1) is 25.6. The highest BCUT2D eigenvalue weighted by Gasteiger charge is 2.40. The molecule has 2 N–H and O–H groups in total. The van der Waals surface area contributed by atoms with Gasteiger partial charge in [0, 0.05) is 19.2 Å². The Bertz CT molecular complexity index is 1170. The van der Waals surface area contributed by atoms with E-state index in [0.717, 1.165) is 29.3 Å². The molecule has 1 fully saturated rings. The van der Waals surface area contributed by atoms with Gasteiger partial charge in [0.2, 0.25) is 6.35 Å². The van der Waals surface area contributed by atoms with Gasteiger partial charge in [-0.05, 0) is 31.5 Å². The van der Waals surface area contributed by atoms with Crippen LogP contribution in [0.25, 0.3) is 0 Å². The second-order valence-corrected chi connectivity index (χ2v) is 7.96. The molecular formula is C22H20F6N4O4. The number of para-hydroxylation sites is 1. The van der Waals surface area contributed by atoms with Gasteiger partial charge >= 0.3 is 6.18 Å². The van der Waals surface area contributed by atoms with Gasteiger partial charge in [0.15, 0.2) is 11.9 Å². The molecule has 4 rings (SSSR count). The number of aliphatic hydroxyl groups is 1. The van der Waals surface area contributed by atoms with Crippen molar-refractivity contribution in [2.45, 2.75) is 32.0 Å². The number of nitrogens with zero attached hydrogens (tertiary/aromatic N) is 3. The van der Waals surface area contributed by atoms with Crippen molar-refractivity contribution in [2.24, 2.45) is 5.10 Å². The standard InChI is InChI=1S/C22H20F6N4O4/c1-11(22(26,27)28)36-17-9-16(32-21(34)31-6-3-7-35-10-18(31)30-32)15(25)8-12(17)20(33)29-19-13(23)4-2-5-14(19)24/h2,4-5,8-9,11,21,34H,3,6-7,10H2,1H3,(H,29,33)/t11-,21?/m0/s1. The zero-order chi connectivity index (χ0) is 26.2. The van der Waals surface area contributed by atoms with Crippen molar-refractivity contribution in [3.63, 3.8) is 0 Å². The van der Waals surface area contributed by atoms with Crippen LogP contribution in [0.4, 0.5) is 37.7 Å². The lowest BCUT2D eigenvalue weighted by Crippen LogP contribution is -2.43. The maximum atomic E-state index is 15.2. The van der Waals surface area contributed by atoms with Gasteiger partial charge in [0.1, 0.15) is 41.2 Å². The first-order chi connectivity index (χ1) is 17.0. The van der Waals surface area contributed by atoms with Crippen molar-refractivity contribution in [1.29, 1.82) is 0 Å². The summed E-state index contributed by atoms with van der Waals surface area (Å²) in [6.45, 7) is 1.41. The van der Waals surface area contributed by atoms with E-state index >= 15 is 4.39 Å². The summed E-state index contributed by atoms with van der Waals surface area (Å²) < 4.78 is 93.0. The summed E-state index contributed by atoms with van der Waals surface area (Å²) in [4.78, 5) is 14.2. The summed E-state index contributed by atoms with van der Waals surface area (Å²) in [7, 11) is 0. The number of rotatable bonds is 5. The summed E-state index contributed by atoms with van der Waals surface area (Å²) in [6, 6.07) is 4.03. The predicted molar refractivity (Wildman–Crippen MR) is 115 cm³/mol. The molecule has 0 radical (unpaired) electrons. The molecule has 2 aliphatic rings. The minimum absolute atomic E-state index is 0.0122. The largest absolute Gasteiger partial charge is 0.480 e. The summed E-state index contributed by atoms with van der Waals surface area (Å²) in [6.07, 6.45) is -8.26. The van der Waals surface area contributed by atoms with Gasteiger partial charge in [-0.15, -0.1) is 0 Å². The van der Waals surface area contributed by atoms with Gasteiger partial charge in [-0.25, -0.2) is 18.2 Å². The molecule has 2 heterocycles. The fourth-order valence-corrected chi connectivity index (χ4v) is 3.58. The number of hydrazone groups is 1. The molecule has 1 unspecified atom stereocenters. The first-order valence-electron chi connectivity index (χ1n) is 10.7. The van der Waals surface area contributed by atoms with Gasteiger partial charge in [-0.1, -0.05) is 6.07 Å². The normalized spacial score (nSPS) is 18.9. The second kappa shape index (κ2) is 9.85. The molecule has 8 nitrogen and oxygen atoms in total. The zero-order valence-electron chi connectivity index (χ0n) is 18.7. The number of alkyl halides is 3. The molecular weight excluding hydrogens is 498 g/mol. The van der Waals surface area contributed by atoms with Gasteiger partial charge < -0.3 is 24.8 Å². The number of benzene rings is 2. The Morgan fingerprint density at radius 2 is 1.92 bits per heavy atom. The number of amides is 1. The van der Waals surface area contributed by atoms with E-state index in [-0.39, 0.29) is 12.4 Å². The minimum Gasteiger partial charge on any atom is -0.480 e. The number of hydrogen-bond donors (Lipinski definition) is 2. The number of halogens is 6. The lowest BCUT2D eigenvalue weighted by atomic mass is 10.1. The van der Waals surface area contributed by atoms with Crippen molar-refractivity contribution in [3.8, 4) is 5.75 Å². The van der Waals surface area contributed by atoms with Gasteiger partial charge in [0.05, 0.1) is 5.56 Å². The minimum atomic E-state index is -4.86. The van der Waals surface area contributed by atoms with Crippen LogP contribution in [0.2, 0.25) is 0 Å². The topological polar surface area (TPSA) is 86.6 Å². The SMILES string of the molecule is C[C@H](Oc1cc(N2N=C3COCCCN3C2O)c(F)cc1C(=O)Nc1c(F)cccc1F)C(F)(F)F. The van der Waals surface area contributed by atoms with Crippen LogP contribution in [0.3, 0.4) is 0 Å². The molecule has 0 spiro atoms. The number of amidine groups is 1. The third-order valence-corrected chi connectivity index (χ3v) is 5.48. The van der Waals surface area contributed by atoms with E-state index in [4.69, 9.17) is 9.47 Å². The summed E-state index contributed by atoms with van der Waals surface area (Å²) >= 11 is 0. The fourth-order valence-electron chi connectivity index (χ4n) is 3.58. The van der Waals surface area contributed by atoms with Gasteiger partial charge in [0.25, 0.3) is 5.91 Å². The average Bonchev–Trinajstić information content (AvgIpc) is 2.96. The Balaban J connectivity index is 1.74. The molecule has 194 valence electrons. The predicted octanol–water partition coefficient (Wildman–Crippen LogP) is 3.82. The number of aliphatic hydroxyl groups excluding tert-OH is 1. The Morgan fingerprint density at radius 1 is 1.22 bits per heavy atom. The molecule has 1 saturated heterocycles. The number of fused-ring (bicyclic) bond motifs is 1. The van der Waals surface area contributed by atoms with E-state index in [1.807, 2.05) is 5.32 Å². The van der Waals surface area contributed by atoms with Gasteiger partial charge in [-0.3, -0.25) is 4.79 Å². The fraction of sp³-hybridized carbons (Fsp3) is 0.364. The Labute approximate surface area is 200 Å². The maximum Gasteiger partial charge on any atom is 0.425 e. The molecule has 2 atom stereocenters. The highest BCUT2D eigenvalue weighted by molar-refractivity contribution is 6.06. The molecule has 0 saturated carbocycles. The molecule has 1 amide bonds. The molecule has 0 aliphatic carbocycles. The number of anilines is 2. The third kappa shape index (κ3) is 5.04. The highest BCUT2D eigenvalue weighted by Crippen LogP contribution is 2.36. The summed E-state index contributed by atoms with van der Waals surface area (Å²) in [5, 5.41) is 17.5. The first-order valence-corrected chi connectivity index (χ1v) is 10.7. The number of ether oxygens (including phenoxy) is 2. The lowest BCUT2D eigenvalue weighted by Gasteiger charge is -2.27. The Kier molecular flexibility index (Phi) is 7.00. The Morgan fingerprint density at radius 3 is 2.58 bits per heavy atom. The van der Waals surface area contributed by atoms with Crippen LogP contribution in [0.15, 0.2) is 35.4 Å². The van der Waals surface area contributed by atoms with Crippen molar-refractivity contribution in [2.75, 3.05) is 30.1 Å². The Hall–Kier alpha value is -3.52. The smallest absolute Gasteiger partial charge is 0.425 e. The van der Waals surface area contributed by atoms with E-state index in [0.29, 0.717) is 32.6 Å². The van der Waals surface area contributed by atoms with Crippen molar-refractivity contribution in [3.05, 3.63) is 53.3 Å². The van der Waals surface area contributed by atoms with Crippen LogP contribution in [-0.2, 0) is 4.74 Å². The van der Waals surface area contributed by atoms with Crippen molar-refractivity contribution in [1.82, 2.24) is 4.90 Å². The van der Waals surface area contributed by atoms with Crippen LogP contribution >= 0.6 is 0 Å². The average molecular weight is 518 g/mol. The summed E-state index contributed by atoms with van der Waals surface area (Å²) in [5.41, 5.74) is -2.15. The van der Waals surface area contributed by atoms with Gasteiger partial charge in [-0.2, -0.15) is 18.3 Å². The van der Waals surface area contributed by atoms with Crippen LogP contribution in [0, 0.1) is 17.5 Å².